The van der Waals surface area contributed by atoms with Gasteiger partial charge in [0.2, 0.25) is 0 Å². The zero-order chi connectivity index (χ0) is 12.2. The normalized spacial score (nSPS) is 29.4. The van der Waals surface area contributed by atoms with Crippen LogP contribution in [0, 0.1) is 0 Å². The standard InChI is InChI=1S/C15H16N2O/c18-7-5-15-4-1-2-11(9-15)12-8-10-3-6-16-14(10)17-13(12)15/h3,6-8,11H,1-2,4-5,9H2,(H,16,17). The van der Waals surface area contributed by atoms with Crippen molar-refractivity contribution in [2.45, 2.75) is 43.4 Å². The van der Waals surface area contributed by atoms with E-state index < -0.39 is 0 Å². The number of carbonyl (C=O) groups is 1. The Labute approximate surface area is 106 Å². The number of rotatable bonds is 2. The number of hydrogen-bond acceptors (Lipinski definition) is 2. The molecule has 2 aromatic heterocycles. The molecule has 1 saturated carbocycles. The summed E-state index contributed by atoms with van der Waals surface area (Å²) in [5.41, 5.74) is 3.61. The van der Waals surface area contributed by atoms with Crippen molar-refractivity contribution in [2.24, 2.45) is 0 Å². The third-order valence-electron chi connectivity index (χ3n) is 4.83. The highest BCUT2D eigenvalue weighted by Gasteiger charge is 2.47. The molecule has 4 rings (SSSR count). The Hall–Kier alpha value is -1.64. The summed E-state index contributed by atoms with van der Waals surface area (Å²) in [6.07, 6.45) is 8.38. The number of carbonyl (C=O) groups excluding carboxylic acids is 1. The molecule has 2 heterocycles. The molecule has 0 amide bonds. The van der Waals surface area contributed by atoms with Crippen molar-refractivity contribution < 1.29 is 4.79 Å². The van der Waals surface area contributed by atoms with E-state index in [1.807, 2.05) is 6.20 Å². The average molecular weight is 240 g/mol. The highest BCUT2D eigenvalue weighted by molar-refractivity contribution is 5.77. The van der Waals surface area contributed by atoms with E-state index in [9.17, 15) is 4.79 Å². The average Bonchev–Trinajstić information content (AvgIpc) is 2.91. The molecule has 0 aliphatic heterocycles. The molecule has 2 atom stereocenters. The fraction of sp³-hybridized carbons (Fsp3) is 0.467. The molecule has 0 saturated heterocycles. The lowest BCUT2D eigenvalue weighted by atomic mass is 9.72. The number of aromatic nitrogens is 2. The second kappa shape index (κ2) is 3.44. The molecule has 0 aromatic carbocycles. The second-order valence-electron chi connectivity index (χ2n) is 5.79. The molecular weight excluding hydrogens is 224 g/mol. The number of aromatic amines is 1. The van der Waals surface area contributed by atoms with Crippen molar-refractivity contribution in [2.75, 3.05) is 0 Å². The maximum atomic E-state index is 11.0. The third-order valence-corrected chi connectivity index (χ3v) is 4.83. The quantitative estimate of drug-likeness (QED) is 0.820. The van der Waals surface area contributed by atoms with Gasteiger partial charge in [-0.25, -0.2) is 4.98 Å². The maximum absolute atomic E-state index is 11.0. The van der Waals surface area contributed by atoms with Gasteiger partial charge >= 0.3 is 0 Å². The van der Waals surface area contributed by atoms with E-state index in [0.29, 0.717) is 12.3 Å². The van der Waals surface area contributed by atoms with E-state index >= 15 is 0 Å². The van der Waals surface area contributed by atoms with Crippen molar-refractivity contribution in [3.63, 3.8) is 0 Å². The summed E-state index contributed by atoms with van der Waals surface area (Å²) in [5.74, 6) is 0.625. The molecule has 3 nitrogen and oxygen atoms in total. The molecule has 92 valence electrons. The van der Waals surface area contributed by atoms with Gasteiger partial charge in [-0.2, -0.15) is 0 Å². The molecule has 2 aliphatic carbocycles. The number of nitrogens with one attached hydrogen (secondary N) is 1. The molecule has 2 bridgehead atoms. The van der Waals surface area contributed by atoms with Gasteiger partial charge in [-0.1, -0.05) is 6.42 Å². The van der Waals surface area contributed by atoms with Crippen LogP contribution in [0.25, 0.3) is 11.0 Å². The first-order valence-corrected chi connectivity index (χ1v) is 6.75. The monoisotopic (exact) mass is 240 g/mol. The summed E-state index contributed by atoms with van der Waals surface area (Å²) in [6, 6.07) is 4.37. The van der Waals surface area contributed by atoms with Crippen LogP contribution in [0.3, 0.4) is 0 Å². The van der Waals surface area contributed by atoms with Crippen LogP contribution in [-0.2, 0) is 10.2 Å². The Kier molecular flexibility index (Phi) is 1.97. The number of hydrogen-bond donors (Lipinski definition) is 1. The van der Waals surface area contributed by atoms with Crippen LogP contribution in [0.4, 0.5) is 0 Å². The number of nitrogens with zero attached hydrogens (tertiary/aromatic N) is 1. The minimum Gasteiger partial charge on any atom is -0.346 e. The van der Waals surface area contributed by atoms with Crippen molar-refractivity contribution in [3.8, 4) is 0 Å². The number of aldehydes is 1. The smallest absolute Gasteiger partial charge is 0.137 e. The lowest BCUT2D eigenvalue weighted by molar-refractivity contribution is -0.109. The van der Waals surface area contributed by atoms with E-state index in [1.165, 1.54) is 29.5 Å². The van der Waals surface area contributed by atoms with Crippen LogP contribution in [0.15, 0.2) is 18.3 Å². The van der Waals surface area contributed by atoms with Gasteiger partial charge in [-0.3, -0.25) is 0 Å². The molecule has 2 aromatic rings. The van der Waals surface area contributed by atoms with E-state index in [1.54, 1.807) is 0 Å². The molecule has 18 heavy (non-hydrogen) atoms. The lowest BCUT2D eigenvalue weighted by Gasteiger charge is -2.31. The molecule has 2 unspecified atom stereocenters. The van der Waals surface area contributed by atoms with Gasteiger partial charge in [-0.15, -0.1) is 0 Å². The predicted molar refractivity (Wildman–Crippen MR) is 69.7 cm³/mol. The molecular formula is C15H16N2O. The molecule has 0 spiro atoms. The van der Waals surface area contributed by atoms with E-state index in [4.69, 9.17) is 4.98 Å². The highest BCUT2D eigenvalue weighted by atomic mass is 16.1. The van der Waals surface area contributed by atoms with Crippen LogP contribution in [-0.4, -0.2) is 16.3 Å². The Morgan fingerprint density at radius 3 is 3.39 bits per heavy atom. The molecule has 3 heteroatoms. The van der Waals surface area contributed by atoms with Gasteiger partial charge in [0, 0.05) is 23.4 Å². The molecule has 1 N–H and O–H groups in total. The summed E-state index contributed by atoms with van der Waals surface area (Å²) in [5, 5.41) is 1.20. The van der Waals surface area contributed by atoms with E-state index in [-0.39, 0.29) is 5.41 Å². The first kappa shape index (κ1) is 10.3. The van der Waals surface area contributed by atoms with Gasteiger partial charge in [0.05, 0.1) is 5.69 Å². The Balaban J connectivity index is 1.98. The van der Waals surface area contributed by atoms with Crippen LogP contribution in [0.1, 0.15) is 49.3 Å². The number of fused-ring (bicyclic) bond motifs is 6. The third kappa shape index (κ3) is 1.19. The fourth-order valence-corrected chi connectivity index (χ4v) is 4.02. The SMILES string of the molecule is O=CCC12CCCC(C1)c1cc3cc[nH]c3nc12. The predicted octanol–water partition coefficient (Wildman–Crippen LogP) is 3.06. The van der Waals surface area contributed by atoms with Gasteiger partial charge in [0.15, 0.2) is 0 Å². The lowest BCUT2D eigenvalue weighted by Crippen LogP contribution is -2.27. The second-order valence-corrected chi connectivity index (χ2v) is 5.79. The van der Waals surface area contributed by atoms with Crippen LogP contribution in [0.5, 0.6) is 0 Å². The highest BCUT2D eigenvalue weighted by Crippen LogP contribution is 2.55. The van der Waals surface area contributed by atoms with Gasteiger partial charge < -0.3 is 9.78 Å². The molecule has 2 aliphatic rings. The molecule has 0 radical (unpaired) electrons. The summed E-state index contributed by atoms with van der Waals surface area (Å²) < 4.78 is 0. The van der Waals surface area contributed by atoms with Crippen LogP contribution < -0.4 is 0 Å². The zero-order valence-corrected chi connectivity index (χ0v) is 10.3. The van der Waals surface area contributed by atoms with Gasteiger partial charge in [0.1, 0.15) is 11.9 Å². The van der Waals surface area contributed by atoms with Crippen LogP contribution >= 0.6 is 0 Å². The molecule has 1 fully saturated rings. The minimum atomic E-state index is 0.0410. The fourth-order valence-electron chi connectivity index (χ4n) is 4.02. The van der Waals surface area contributed by atoms with Crippen molar-refractivity contribution in [1.82, 2.24) is 9.97 Å². The van der Waals surface area contributed by atoms with Crippen molar-refractivity contribution >= 4 is 17.3 Å². The topological polar surface area (TPSA) is 45.8 Å². The number of pyridine rings is 1. The minimum absolute atomic E-state index is 0.0410. The van der Waals surface area contributed by atoms with Crippen molar-refractivity contribution in [1.29, 1.82) is 0 Å². The van der Waals surface area contributed by atoms with Crippen molar-refractivity contribution in [3.05, 3.63) is 29.6 Å². The van der Waals surface area contributed by atoms with Gasteiger partial charge in [-0.05, 0) is 42.9 Å². The zero-order valence-electron chi connectivity index (χ0n) is 10.3. The first-order valence-electron chi connectivity index (χ1n) is 6.75. The summed E-state index contributed by atoms with van der Waals surface area (Å²) in [6.45, 7) is 0. The summed E-state index contributed by atoms with van der Waals surface area (Å²) >= 11 is 0. The van der Waals surface area contributed by atoms with Crippen LogP contribution in [0.2, 0.25) is 0 Å². The Bertz CT molecular complexity index is 630. The van der Waals surface area contributed by atoms with E-state index in [2.05, 4.69) is 17.1 Å². The van der Waals surface area contributed by atoms with E-state index in [0.717, 1.165) is 24.8 Å². The summed E-state index contributed by atoms with van der Waals surface area (Å²) in [7, 11) is 0. The van der Waals surface area contributed by atoms with Gasteiger partial charge in [0.25, 0.3) is 0 Å². The Morgan fingerprint density at radius 1 is 1.56 bits per heavy atom. The first-order chi connectivity index (χ1) is 8.82. The number of H-pyrrole nitrogens is 1. The Morgan fingerprint density at radius 2 is 2.50 bits per heavy atom. The summed E-state index contributed by atoms with van der Waals surface area (Å²) in [4.78, 5) is 19.1. The largest absolute Gasteiger partial charge is 0.346 e. The maximum Gasteiger partial charge on any atom is 0.137 e.